The molecule has 6 rings (SSSR count). The molecule has 1 amide bonds. The van der Waals surface area contributed by atoms with Crippen LogP contribution in [0, 0.1) is 29.0 Å². The molecule has 1 heterocycles. The second kappa shape index (κ2) is 6.79. The van der Waals surface area contributed by atoms with Gasteiger partial charge in [-0.3, -0.25) is 9.59 Å². The predicted molar refractivity (Wildman–Crippen MR) is 104 cm³/mol. The van der Waals surface area contributed by atoms with E-state index in [-0.39, 0.29) is 35.4 Å². The zero-order chi connectivity index (χ0) is 20.2. The van der Waals surface area contributed by atoms with Crippen LogP contribution in [0.25, 0.3) is 0 Å². The maximum atomic E-state index is 13.6. The largest absolute Gasteiger partial charge is 0.481 e. The third kappa shape index (κ3) is 2.90. The Labute approximate surface area is 170 Å². The van der Waals surface area contributed by atoms with Crippen molar-refractivity contribution in [3.05, 3.63) is 35.6 Å². The number of nitrogens with zero attached hydrogens (tertiary/aromatic N) is 1. The number of ether oxygens (including phenoxy) is 1. The molecule has 5 fully saturated rings. The molecule has 0 spiro atoms. The normalized spacial score (nSPS) is 38.2. The number of rotatable bonds is 4. The molecule has 1 aromatic rings. The number of hydrogen-bond donors (Lipinski definition) is 1. The van der Waals surface area contributed by atoms with E-state index in [1.165, 1.54) is 12.1 Å². The van der Waals surface area contributed by atoms with Crippen LogP contribution in [0.3, 0.4) is 0 Å². The Hall–Kier alpha value is -1.95. The molecule has 2 atom stereocenters. The van der Waals surface area contributed by atoms with Crippen LogP contribution < -0.4 is 0 Å². The molecular weight excluding hydrogens is 373 g/mol. The van der Waals surface area contributed by atoms with Gasteiger partial charge < -0.3 is 14.7 Å². The number of carbonyl (C=O) groups is 2. The number of carbonyl (C=O) groups excluding carboxylic acids is 1. The zero-order valence-corrected chi connectivity index (χ0v) is 16.6. The summed E-state index contributed by atoms with van der Waals surface area (Å²) in [5, 5.41) is 9.79. The zero-order valence-electron chi connectivity index (χ0n) is 16.6. The van der Waals surface area contributed by atoms with Crippen molar-refractivity contribution in [3.63, 3.8) is 0 Å². The number of benzene rings is 1. The van der Waals surface area contributed by atoms with Crippen molar-refractivity contribution in [2.24, 2.45) is 23.2 Å². The van der Waals surface area contributed by atoms with Gasteiger partial charge in [-0.1, -0.05) is 12.1 Å². The van der Waals surface area contributed by atoms with Gasteiger partial charge in [0, 0.05) is 18.5 Å². The van der Waals surface area contributed by atoms with Crippen molar-refractivity contribution < 1.29 is 23.8 Å². The highest BCUT2D eigenvalue weighted by Crippen LogP contribution is 2.68. The molecule has 1 aromatic carbocycles. The van der Waals surface area contributed by atoms with Gasteiger partial charge >= 0.3 is 5.97 Å². The van der Waals surface area contributed by atoms with E-state index in [4.69, 9.17) is 4.74 Å². The Morgan fingerprint density at radius 3 is 2.28 bits per heavy atom. The Kier molecular flexibility index (Phi) is 4.46. The average molecular weight is 401 g/mol. The van der Waals surface area contributed by atoms with Crippen molar-refractivity contribution in [2.45, 2.75) is 43.9 Å². The molecule has 4 bridgehead atoms. The number of morpholine rings is 1. The number of aliphatic carboxylic acids is 1. The first-order valence-corrected chi connectivity index (χ1v) is 10.8. The highest BCUT2D eigenvalue weighted by atomic mass is 19.1. The highest BCUT2D eigenvalue weighted by molar-refractivity contribution is 5.84. The fraction of sp³-hybridized carbons (Fsp3) is 0.652. The maximum absolute atomic E-state index is 13.6. The maximum Gasteiger partial charge on any atom is 0.304 e. The summed E-state index contributed by atoms with van der Waals surface area (Å²) in [5.41, 5.74) is 0.0882. The molecule has 29 heavy (non-hydrogen) atoms. The van der Waals surface area contributed by atoms with Crippen LogP contribution in [0.4, 0.5) is 4.39 Å². The monoisotopic (exact) mass is 401 g/mol. The first-order valence-electron chi connectivity index (χ1n) is 10.8. The number of hydrogen-bond acceptors (Lipinski definition) is 3. The summed E-state index contributed by atoms with van der Waals surface area (Å²) in [5.74, 6) is -0.0685. The van der Waals surface area contributed by atoms with Gasteiger partial charge in [-0.25, -0.2) is 4.39 Å². The van der Waals surface area contributed by atoms with Gasteiger partial charge in [-0.15, -0.1) is 0 Å². The second-order valence-electron chi connectivity index (χ2n) is 9.65. The number of halogens is 1. The van der Waals surface area contributed by atoms with Crippen molar-refractivity contribution in [1.29, 1.82) is 0 Å². The van der Waals surface area contributed by atoms with Crippen molar-refractivity contribution in [2.75, 3.05) is 26.3 Å². The molecule has 1 N–H and O–H groups in total. The van der Waals surface area contributed by atoms with Crippen LogP contribution in [0.5, 0.6) is 0 Å². The van der Waals surface area contributed by atoms with Gasteiger partial charge in [-0.05, 0) is 67.6 Å². The predicted octanol–water partition coefficient (Wildman–Crippen LogP) is 3.22. The van der Waals surface area contributed by atoms with Crippen LogP contribution in [-0.2, 0) is 19.7 Å². The molecule has 156 valence electrons. The lowest BCUT2D eigenvalue weighted by Gasteiger charge is -2.65. The van der Waals surface area contributed by atoms with Crippen molar-refractivity contribution in [3.8, 4) is 0 Å². The molecule has 1 saturated heterocycles. The summed E-state index contributed by atoms with van der Waals surface area (Å²) in [4.78, 5) is 27.5. The lowest BCUT2D eigenvalue weighted by molar-refractivity contribution is -0.174. The van der Waals surface area contributed by atoms with E-state index in [9.17, 15) is 19.1 Å². The van der Waals surface area contributed by atoms with Gasteiger partial charge in [0.05, 0.1) is 25.0 Å². The van der Waals surface area contributed by atoms with Crippen LogP contribution >= 0.6 is 0 Å². The van der Waals surface area contributed by atoms with Crippen LogP contribution in [0.15, 0.2) is 24.3 Å². The minimum atomic E-state index is -0.810. The van der Waals surface area contributed by atoms with E-state index in [0.29, 0.717) is 32.2 Å². The minimum absolute atomic E-state index is 0.0580. The molecule has 4 aliphatic carbocycles. The Balaban J connectivity index is 1.52. The quantitative estimate of drug-likeness (QED) is 0.841. The van der Waals surface area contributed by atoms with E-state index in [2.05, 4.69) is 0 Å². The second-order valence-corrected chi connectivity index (χ2v) is 9.65. The molecule has 2 unspecified atom stereocenters. The number of carboxylic acids is 1. The fourth-order valence-corrected chi connectivity index (χ4v) is 7.33. The van der Waals surface area contributed by atoms with Gasteiger partial charge in [0.1, 0.15) is 5.82 Å². The summed E-state index contributed by atoms with van der Waals surface area (Å²) in [7, 11) is 0. The van der Waals surface area contributed by atoms with Gasteiger partial charge in [0.15, 0.2) is 0 Å². The van der Waals surface area contributed by atoms with Crippen molar-refractivity contribution >= 4 is 11.9 Å². The molecule has 0 radical (unpaired) electrons. The van der Waals surface area contributed by atoms with Gasteiger partial charge in [0.25, 0.3) is 0 Å². The van der Waals surface area contributed by atoms with E-state index in [1.54, 1.807) is 12.1 Å². The van der Waals surface area contributed by atoms with Gasteiger partial charge in [0.2, 0.25) is 5.91 Å². The van der Waals surface area contributed by atoms with E-state index in [0.717, 1.165) is 37.7 Å². The molecule has 0 aromatic heterocycles. The summed E-state index contributed by atoms with van der Waals surface area (Å²) in [6.45, 7) is 2.49. The van der Waals surface area contributed by atoms with E-state index in [1.807, 2.05) is 4.90 Å². The summed E-state index contributed by atoms with van der Waals surface area (Å²) >= 11 is 0. The Bertz CT molecular complexity index is 801. The SMILES string of the molecule is O=C(O)CC1(c2ccc(F)cc2)C2CC3CC1CC(C(=O)N1CCOCC1)(C3)C2. The highest BCUT2D eigenvalue weighted by Gasteiger charge is 2.65. The van der Waals surface area contributed by atoms with Gasteiger partial charge in [-0.2, -0.15) is 0 Å². The van der Waals surface area contributed by atoms with Crippen molar-refractivity contribution in [1.82, 2.24) is 4.90 Å². The van der Waals surface area contributed by atoms with Crippen LogP contribution in [0.1, 0.15) is 44.1 Å². The minimum Gasteiger partial charge on any atom is -0.481 e. The van der Waals surface area contributed by atoms with Crippen LogP contribution in [0.2, 0.25) is 0 Å². The third-order valence-corrected chi connectivity index (χ3v) is 8.22. The molecular formula is C23H28FNO4. The smallest absolute Gasteiger partial charge is 0.304 e. The molecule has 5 aliphatic rings. The first kappa shape index (κ1) is 19.0. The fourth-order valence-electron chi connectivity index (χ4n) is 7.33. The van der Waals surface area contributed by atoms with E-state index >= 15 is 0 Å². The summed E-state index contributed by atoms with van der Waals surface area (Å²) < 4.78 is 19.0. The lowest BCUT2D eigenvalue weighted by atomic mass is 9.39. The topological polar surface area (TPSA) is 66.8 Å². The molecule has 1 aliphatic heterocycles. The lowest BCUT2D eigenvalue weighted by Crippen LogP contribution is -2.64. The van der Waals surface area contributed by atoms with Crippen LogP contribution in [-0.4, -0.2) is 48.2 Å². The summed E-state index contributed by atoms with van der Waals surface area (Å²) in [6, 6.07) is 6.44. The molecule has 6 heteroatoms. The molecule has 5 nitrogen and oxygen atoms in total. The summed E-state index contributed by atoms with van der Waals surface area (Å²) in [6.07, 6.45) is 4.44. The van der Waals surface area contributed by atoms with E-state index < -0.39 is 11.4 Å². The molecule has 4 saturated carbocycles. The number of amides is 1. The Morgan fingerprint density at radius 2 is 1.69 bits per heavy atom. The Morgan fingerprint density at radius 1 is 1.07 bits per heavy atom. The standard InChI is InChI=1S/C23H28FNO4/c24-19-3-1-16(2-4-19)23(14-20(26)27)17-9-15-10-18(23)13-22(11-15,12-17)21(28)25-5-7-29-8-6-25/h1-4,15,17-18H,5-14H2,(H,26,27). The number of carboxylic acid groups (broad SMARTS) is 1. The first-order chi connectivity index (χ1) is 13.9. The third-order valence-electron chi connectivity index (χ3n) is 8.22. The average Bonchev–Trinajstić information content (AvgIpc) is 2.71.